The highest BCUT2D eigenvalue weighted by Gasteiger charge is 2.30. The van der Waals surface area contributed by atoms with Crippen molar-refractivity contribution in [2.75, 3.05) is 26.2 Å². The van der Waals surface area contributed by atoms with Gasteiger partial charge in [-0.25, -0.2) is 17.8 Å². The molecule has 0 aliphatic carbocycles. The summed E-state index contributed by atoms with van der Waals surface area (Å²) in [7, 11) is -3.59. The smallest absolute Gasteiger partial charge is 0.243 e. The number of nitrogens with zero attached hydrogens (tertiary/aromatic N) is 3. The molecule has 0 bridgehead atoms. The minimum Gasteiger partial charge on any atom is -0.441 e. The van der Waals surface area contributed by atoms with Gasteiger partial charge in [-0.05, 0) is 47.9 Å². The molecular formula is C25H28FN3O4S. The highest BCUT2D eigenvalue weighted by molar-refractivity contribution is 7.89. The minimum absolute atomic E-state index is 0.0696. The highest BCUT2D eigenvalue weighted by atomic mass is 32.2. The van der Waals surface area contributed by atoms with Crippen molar-refractivity contribution in [3.05, 3.63) is 72.0 Å². The Balaban J connectivity index is 1.29. The van der Waals surface area contributed by atoms with E-state index in [4.69, 9.17) is 4.42 Å². The van der Waals surface area contributed by atoms with Crippen LogP contribution in [-0.2, 0) is 21.2 Å². The average Bonchev–Trinajstić information content (AvgIpc) is 3.32. The van der Waals surface area contributed by atoms with E-state index in [-0.39, 0.29) is 36.1 Å². The monoisotopic (exact) mass is 485 g/mol. The van der Waals surface area contributed by atoms with E-state index in [0.29, 0.717) is 42.6 Å². The molecule has 1 saturated heterocycles. The number of aromatic nitrogens is 1. The average molecular weight is 486 g/mol. The van der Waals surface area contributed by atoms with Crippen LogP contribution >= 0.6 is 0 Å². The summed E-state index contributed by atoms with van der Waals surface area (Å²) in [6.07, 6.45) is 2.11. The molecule has 1 aliphatic rings. The van der Waals surface area contributed by atoms with Crippen molar-refractivity contribution in [1.29, 1.82) is 0 Å². The van der Waals surface area contributed by atoms with Crippen LogP contribution in [0.4, 0.5) is 4.39 Å². The first-order chi connectivity index (χ1) is 16.2. The first kappa shape index (κ1) is 24.1. The van der Waals surface area contributed by atoms with E-state index < -0.39 is 10.0 Å². The summed E-state index contributed by atoms with van der Waals surface area (Å²) in [5.74, 6) is 0.879. The predicted molar refractivity (Wildman–Crippen MR) is 126 cm³/mol. The summed E-state index contributed by atoms with van der Waals surface area (Å²) in [5, 5.41) is 0. The Morgan fingerprint density at radius 3 is 2.29 bits per heavy atom. The number of benzene rings is 2. The second-order valence-corrected chi connectivity index (χ2v) is 10.6. The molecule has 0 radical (unpaired) electrons. The van der Waals surface area contributed by atoms with Crippen LogP contribution in [0.2, 0.25) is 0 Å². The minimum atomic E-state index is -3.59. The lowest BCUT2D eigenvalue weighted by atomic mass is 10.0. The molecule has 0 spiro atoms. The lowest BCUT2D eigenvalue weighted by Gasteiger charge is -2.34. The molecule has 2 aromatic carbocycles. The van der Waals surface area contributed by atoms with E-state index in [2.05, 4.69) is 18.8 Å². The molecule has 1 aromatic heterocycles. The Bertz CT molecular complexity index is 1230. The number of halogens is 1. The molecule has 0 saturated carbocycles. The molecule has 4 rings (SSSR count). The molecule has 1 fully saturated rings. The molecule has 0 atom stereocenters. The van der Waals surface area contributed by atoms with Crippen molar-refractivity contribution < 1.29 is 22.0 Å². The SMILES string of the molecule is CC(C)c1ccc(S(=O)(=O)N2CCN(C(=O)CCc3ncc(-c4ccc(F)cc4)o3)CC2)cc1. The lowest BCUT2D eigenvalue weighted by molar-refractivity contribution is -0.132. The fraction of sp³-hybridized carbons (Fsp3) is 0.360. The van der Waals surface area contributed by atoms with E-state index in [1.165, 1.54) is 16.4 Å². The third-order valence-electron chi connectivity index (χ3n) is 6.01. The van der Waals surface area contributed by atoms with Crippen LogP contribution in [0.25, 0.3) is 11.3 Å². The van der Waals surface area contributed by atoms with Crippen LogP contribution in [-0.4, -0.2) is 54.7 Å². The van der Waals surface area contributed by atoms with Gasteiger partial charge in [0.25, 0.3) is 0 Å². The topological polar surface area (TPSA) is 83.7 Å². The second kappa shape index (κ2) is 10.1. The second-order valence-electron chi connectivity index (χ2n) is 8.63. The van der Waals surface area contributed by atoms with Gasteiger partial charge in [-0.1, -0.05) is 26.0 Å². The van der Waals surface area contributed by atoms with Gasteiger partial charge < -0.3 is 9.32 Å². The molecule has 0 unspecified atom stereocenters. The van der Waals surface area contributed by atoms with Gasteiger partial charge in [0, 0.05) is 44.6 Å². The van der Waals surface area contributed by atoms with Crippen LogP contribution in [0.3, 0.4) is 0 Å². The Kier molecular flexibility index (Phi) is 7.13. The molecule has 34 heavy (non-hydrogen) atoms. The zero-order valence-electron chi connectivity index (χ0n) is 19.3. The maximum absolute atomic E-state index is 13.1. The maximum atomic E-state index is 13.1. The van der Waals surface area contributed by atoms with Gasteiger partial charge in [0.1, 0.15) is 5.82 Å². The number of carbonyl (C=O) groups is 1. The summed E-state index contributed by atoms with van der Waals surface area (Å²) < 4.78 is 46.2. The van der Waals surface area contributed by atoms with Crippen LogP contribution in [0.1, 0.15) is 37.6 Å². The number of carbonyl (C=O) groups excluding carboxylic acids is 1. The molecule has 1 aliphatic heterocycles. The Labute approximate surface area is 199 Å². The Morgan fingerprint density at radius 1 is 1.03 bits per heavy atom. The quantitative estimate of drug-likeness (QED) is 0.504. The summed E-state index contributed by atoms with van der Waals surface area (Å²) in [6, 6.07) is 12.9. The number of sulfonamides is 1. The van der Waals surface area contributed by atoms with Crippen molar-refractivity contribution in [1.82, 2.24) is 14.2 Å². The van der Waals surface area contributed by atoms with E-state index in [1.54, 1.807) is 35.4 Å². The molecule has 3 aromatic rings. The molecule has 0 N–H and O–H groups in total. The number of hydrogen-bond donors (Lipinski definition) is 0. The van der Waals surface area contributed by atoms with Gasteiger partial charge in [0.2, 0.25) is 15.9 Å². The largest absolute Gasteiger partial charge is 0.441 e. The summed E-state index contributed by atoms with van der Waals surface area (Å²) in [4.78, 5) is 18.8. The van der Waals surface area contributed by atoms with Crippen molar-refractivity contribution in [3.63, 3.8) is 0 Å². The third-order valence-corrected chi connectivity index (χ3v) is 7.92. The number of oxazole rings is 1. The highest BCUT2D eigenvalue weighted by Crippen LogP contribution is 2.23. The number of hydrogen-bond acceptors (Lipinski definition) is 5. The summed E-state index contributed by atoms with van der Waals surface area (Å²) in [6.45, 7) is 5.32. The van der Waals surface area contributed by atoms with E-state index in [0.717, 1.165) is 5.56 Å². The zero-order chi connectivity index (χ0) is 24.3. The summed E-state index contributed by atoms with van der Waals surface area (Å²) in [5.41, 5.74) is 1.80. The maximum Gasteiger partial charge on any atom is 0.243 e. The van der Waals surface area contributed by atoms with Crippen molar-refractivity contribution in [2.45, 2.75) is 37.5 Å². The van der Waals surface area contributed by atoms with Gasteiger partial charge in [-0.15, -0.1) is 0 Å². The van der Waals surface area contributed by atoms with Gasteiger partial charge in [0.15, 0.2) is 11.7 Å². The molecule has 2 heterocycles. The van der Waals surface area contributed by atoms with Crippen LogP contribution in [0, 0.1) is 5.82 Å². The number of aryl methyl sites for hydroxylation is 1. The van der Waals surface area contributed by atoms with Crippen LogP contribution < -0.4 is 0 Å². The Morgan fingerprint density at radius 2 is 1.68 bits per heavy atom. The zero-order valence-corrected chi connectivity index (χ0v) is 20.1. The fourth-order valence-electron chi connectivity index (χ4n) is 3.90. The van der Waals surface area contributed by atoms with Gasteiger partial charge in [-0.2, -0.15) is 4.31 Å². The molecule has 9 heteroatoms. The molecular weight excluding hydrogens is 457 g/mol. The van der Waals surface area contributed by atoms with Crippen molar-refractivity contribution in [2.24, 2.45) is 0 Å². The van der Waals surface area contributed by atoms with Crippen molar-refractivity contribution >= 4 is 15.9 Å². The van der Waals surface area contributed by atoms with Crippen LogP contribution in [0.5, 0.6) is 0 Å². The standard InChI is InChI=1S/C25H28FN3O4S/c1-18(2)19-5-9-22(10-6-19)34(31,32)29-15-13-28(14-16-29)25(30)12-11-24-27-17-23(33-24)20-3-7-21(26)8-4-20/h3-10,17-18H,11-16H2,1-2H3. The van der Waals surface area contributed by atoms with Gasteiger partial charge >= 0.3 is 0 Å². The Hall–Kier alpha value is -3.04. The van der Waals surface area contributed by atoms with E-state index >= 15 is 0 Å². The molecule has 180 valence electrons. The predicted octanol–water partition coefficient (Wildman–Crippen LogP) is 4.07. The van der Waals surface area contributed by atoms with E-state index in [9.17, 15) is 17.6 Å². The number of rotatable bonds is 7. The van der Waals surface area contributed by atoms with Gasteiger partial charge in [-0.3, -0.25) is 4.79 Å². The first-order valence-corrected chi connectivity index (χ1v) is 12.8. The van der Waals surface area contributed by atoms with Gasteiger partial charge in [0.05, 0.1) is 11.1 Å². The van der Waals surface area contributed by atoms with E-state index in [1.807, 2.05) is 12.1 Å². The molecule has 1 amide bonds. The fourth-order valence-corrected chi connectivity index (χ4v) is 5.32. The third kappa shape index (κ3) is 5.37. The number of amides is 1. The van der Waals surface area contributed by atoms with Crippen molar-refractivity contribution in [3.8, 4) is 11.3 Å². The molecule has 7 nitrogen and oxygen atoms in total. The lowest BCUT2D eigenvalue weighted by Crippen LogP contribution is -2.50. The normalized spacial score (nSPS) is 15.1. The summed E-state index contributed by atoms with van der Waals surface area (Å²) >= 11 is 0. The van der Waals surface area contributed by atoms with Crippen LogP contribution in [0.15, 0.2) is 64.0 Å². The number of piperazine rings is 1. The first-order valence-electron chi connectivity index (χ1n) is 11.3.